The maximum absolute atomic E-state index is 13.5. The summed E-state index contributed by atoms with van der Waals surface area (Å²) in [6.07, 6.45) is 12.1. The second-order valence-corrected chi connectivity index (χ2v) is 14.9. The molecule has 252 valence electrons. The normalized spacial score (nSPS) is 30.5. The van der Waals surface area contributed by atoms with Gasteiger partial charge in [-0.2, -0.15) is 0 Å². The number of nitrogens with zero attached hydrogens (tertiary/aromatic N) is 1. The van der Waals surface area contributed by atoms with E-state index in [2.05, 4.69) is 36.2 Å². The first-order valence-corrected chi connectivity index (χ1v) is 18.1. The highest BCUT2D eigenvalue weighted by atomic mass is 35.5. The fourth-order valence-corrected chi connectivity index (χ4v) is 9.47. The van der Waals surface area contributed by atoms with Gasteiger partial charge in [-0.15, -0.1) is 23.2 Å². The molecule has 4 aliphatic rings. The van der Waals surface area contributed by atoms with Crippen LogP contribution in [0.4, 0.5) is 5.69 Å². The summed E-state index contributed by atoms with van der Waals surface area (Å²) in [7, 11) is 0. The molecule has 0 heterocycles. The fraction of sp³-hybridized carbons (Fsp3) is 0.649. The molecule has 1 unspecified atom stereocenters. The molecule has 7 atom stereocenters. The van der Waals surface area contributed by atoms with E-state index >= 15 is 0 Å². The molecular formula is C37H50Cl2N2O5. The molecule has 0 spiro atoms. The molecule has 1 aromatic rings. The number of anilines is 1. The fourth-order valence-electron chi connectivity index (χ4n) is 9.06. The van der Waals surface area contributed by atoms with Crippen LogP contribution in [-0.4, -0.2) is 54.8 Å². The second kappa shape index (κ2) is 14.7. The minimum atomic E-state index is -0.794. The van der Waals surface area contributed by atoms with E-state index < -0.39 is 12.0 Å². The smallest absolute Gasteiger partial charge is 0.334 e. The van der Waals surface area contributed by atoms with E-state index in [9.17, 15) is 14.4 Å². The SMILES string of the molecule is CCC(=O)O[C@H]1CC[C@H]2[C@@H]3CC=C4C=C(OC(=O)C(Cc5ccc(N(CCCl)CCCl)cc5)NC(C)=O)CC[C@]4(C)[C@H]3CC[C@]12C. The molecule has 1 amide bonds. The topological polar surface area (TPSA) is 84.9 Å². The van der Waals surface area contributed by atoms with Crippen LogP contribution in [0.2, 0.25) is 0 Å². The lowest BCUT2D eigenvalue weighted by molar-refractivity contribution is -0.158. The molecule has 7 nitrogen and oxygen atoms in total. The number of hydrogen-bond acceptors (Lipinski definition) is 6. The number of nitrogens with one attached hydrogen (secondary N) is 1. The van der Waals surface area contributed by atoms with Crippen molar-refractivity contribution in [2.45, 2.75) is 97.6 Å². The second-order valence-electron chi connectivity index (χ2n) is 14.2. The van der Waals surface area contributed by atoms with Crippen LogP contribution in [0.5, 0.6) is 0 Å². The average Bonchev–Trinajstić information content (AvgIpc) is 3.36. The van der Waals surface area contributed by atoms with Gasteiger partial charge in [0.15, 0.2) is 0 Å². The van der Waals surface area contributed by atoms with E-state index in [-0.39, 0.29) is 28.8 Å². The van der Waals surface area contributed by atoms with Gasteiger partial charge in [-0.1, -0.05) is 39.0 Å². The Kier molecular flexibility index (Phi) is 11.1. The van der Waals surface area contributed by atoms with Crippen molar-refractivity contribution in [2.75, 3.05) is 29.7 Å². The third kappa shape index (κ3) is 7.16. The summed E-state index contributed by atoms with van der Waals surface area (Å²) in [6.45, 7) is 9.41. The van der Waals surface area contributed by atoms with E-state index in [1.165, 1.54) is 12.5 Å². The van der Waals surface area contributed by atoms with Crippen LogP contribution in [0.25, 0.3) is 0 Å². The van der Waals surface area contributed by atoms with Crippen molar-refractivity contribution in [3.05, 3.63) is 53.3 Å². The zero-order chi connectivity index (χ0) is 33.1. The summed E-state index contributed by atoms with van der Waals surface area (Å²) in [5.41, 5.74) is 3.27. The summed E-state index contributed by atoms with van der Waals surface area (Å²) in [5.74, 6) is 2.55. The van der Waals surface area contributed by atoms with E-state index in [4.69, 9.17) is 32.7 Å². The van der Waals surface area contributed by atoms with Gasteiger partial charge in [0.05, 0.1) is 0 Å². The van der Waals surface area contributed by atoms with E-state index in [1.807, 2.05) is 31.2 Å². The standard InChI is InChI=1S/C37H50Cl2N2O5/c1-5-34(43)46-33-13-12-30-29-11-8-26-23-28(14-16-36(26,3)31(29)15-17-37(30,33)4)45-35(44)32(40-24(2)42)22-25-6-9-27(10-7-25)41(20-18-38)21-19-39/h6-10,23,29-33H,5,11-22H2,1-4H3,(H,40,42)/t29-,30-,31-,32?,33-,36-,37-/m0/s1. The van der Waals surface area contributed by atoms with Crippen molar-refractivity contribution in [2.24, 2.45) is 28.6 Å². The number of carbonyl (C=O) groups excluding carboxylic acids is 3. The Morgan fingerprint density at radius 2 is 1.74 bits per heavy atom. The first-order chi connectivity index (χ1) is 22.0. The predicted molar refractivity (Wildman–Crippen MR) is 183 cm³/mol. The molecule has 2 fully saturated rings. The van der Waals surface area contributed by atoms with Gasteiger partial charge in [-0.3, -0.25) is 9.59 Å². The van der Waals surface area contributed by atoms with Crippen molar-refractivity contribution in [3.63, 3.8) is 0 Å². The number of carbonyl (C=O) groups is 3. The largest absolute Gasteiger partial charge is 0.462 e. The zero-order valence-electron chi connectivity index (χ0n) is 27.8. The molecule has 5 rings (SSSR count). The Morgan fingerprint density at radius 3 is 2.39 bits per heavy atom. The van der Waals surface area contributed by atoms with E-state index in [0.29, 0.717) is 67.6 Å². The van der Waals surface area contributed by atoms with E-state index in [1.54, 1.807) is 0 Å². The highest BCUT2D eigenvalue weighted by molar-refractivity contribution is 6.18. The lowest BCUT2D eigenvalue weighted by Crippen LogP contribution is -2.50. The molecule has 0 radical (unpaired) electrons. The summed E-state index contributed by atoms with van der Waals surface area (Å²) in [5, 5.41) is 2.81. The van der Waals surface area contributed by atoms with Crippen molar-refractivity contribution < 1.29 is 23.9 Å². The minimum absolute atomic E-state index is 0.0253. The number of esters is 2. The summed E-state index contributed by atoms with van der Waals surface area (Å²) < 4.78 is 12.0. The number of fused-ring (bicyclic) bond motifs is 5. The number of benzene rings is 1. The van der Waals surface area contributed by atoms with Crippen LogP contribution >= 0.6 is 23.2 Å². The summed E-state index contributed by atoms with van der Waals surface area (Å²) in [6, 6.07) is 7.13. The molecule has 0 aromatic heterocycles. The quantitative estimate of drug-likeness (QED) is 0.185. The van der Waals surface area contributed by atoms with Crippen LogP contribution in [0.1, 0.15) is 84.6 Å². The molecule has 2 saturated carbocycles. The molecule has 4 aliphatic carbocycles. The van der Waals surface area contributed by atoms with Gasteiger partial charge in [0.2, 0.25) is 5.91 Å². The Balaban J connectivity index is 1.27. The lowest BCUT2D eigenvalue weighted by atomic mass is 9.48. The molecule has 0 aliphatic heterocycles. The zero-order valence-corrected chi connectivity index (χ0v) is 29.3. The number of amides is 1. The first kappa shape index (κ1) is 34.8. The van der Waals surface area contributed by atoms with Gasteiger partial charge in [0.1, 0.15) is 17.9 Å². The number of rotatable bonds is 12. The summed E-state index contributed by atoms with van der Waals surface area (Å²) >= 11 is 11.9. The Hall–Kier alpha value is -2.51. The number of halogens is 2. The number of ether oxygens (including phenoxy) is 2. The molecule has 0 bridgehead atoms. The van der Waals surface area contributed by atoms with Crippen LogP contribution in [0, 0.1) is 28.6 Å². The third-order valence-corrected chi connectivity index (χ3v) is 11.9. The molecule has 9 heteroatoms. The summed E-state index contributed by atoms with van der Waals surface area (Å²) in [4.78, 5) is 39.9. The maximum atomic E-state index is 13.5. The van der Waals surface area contributed by atoms with Gasteiger partial charge in [-0.25, -0.2) is 4.79 Å². The number of hydrogen-bond donors (Lipinski definition) is 1. The Labute approximate surface area is 284 Å². The van der Waals surface area contributed by atoms with E-state index in [0.717, 1.165) is 49.8 Å². The Bertz CT molecular complexity index is 1340. The molecule has 1 aromatic carbocycles. The van der Waals surface area contributed by atoms with Crippen LogP contribution < -0.4 is 10.2 Å². The molecule has 1 N–H and O–H groups in total. The van der Waals surface area contributed by atoms with Crippen molar-refractivity contribution >= 4 is 46.7 Å². The number of allylic oxidation sites excluding steroid dienone is 4. The lowest BCUT2D eigenvalue weighted by Gasteiger charge is -2.56. The van der Waals surface area contributed by atoms with Crippen molar-refractivity contribution in [3.8, 4) is 0 Å². The molecule has 46 heavy (non-hydrogen) atoms. The number of alkyl halides is 2. The molecular weight excluding hydrogens is 623 g/mol. The first-order valence-electron chi connectivity index (χ1n) is 17.1. The Morgan fingerprint density at radius 1 is 1.02 bits per heavy atom. The monoisotopic (exact) mass is 672 g/mol. The van der Waals surface area contributed by atoms with Gasteiger partial charge in [0.25, 0.3) is 0 Å². The maximum Gasteiger partial charge on any atom is 0.334 e. The minimum Gasteiger partial charge on any atom is -0.462 e. The van der Waals surface area contributed by atoms with Gasteiger partial charge < -0.3 is 19.7 Å². The highest BCUT2D eigenvalue weighted by Crippen LogP contribution is 2.65. The van der Waals surface area contributed by atoms with Crippen LogP contribution in [-0.2, 0) is 30.3 Å². The van der Waals surface area contributed by atoms with Gasteiger partial charge in [-0.05, 0) is 91.0 Å². The predicted octanol–water partition coefficient (Wildman–Crippen LogP) is 7.34. The average molecular weight is 674 g/mol. The van der Waals surface area contributed by atoms with Crippen molar-refractivity contribution in [1.29, 1.82) is 0 Å². The molecule has 0 saturated heterocycles. The third-order valence-electron chi connectivity index (χ3n) is 11.6. The van der Waals surface area contributed by atoms with Crippen LogP contribution in [0.3, 0.4) is 0 Å². The van der Waals surface area contributed by atoms with Crippen LogP contribution in [0.15, 0.2) is 47.7 Å². The van der Waals surface area contributed by atoms with Gasteiger partial charge in [0, 0.05) is 62.1 Å². The van der Waals surface area contributed by atoms with Crippen molar-refractivity contribution in [1.82, 2.24) is 5.32 Å². The van der Waals surface area contributed by atoms with Gasteiger partial charge >= 0.3 is 11.9 Å². The highest BCUT2D eigenvalue weighted by Gasteiger charge is 2.59.